The van der Waals surface area contributed by atoms with Crippen molar-refractivity contribution < 1.29 is 13.3 Å². The largest absolute Gasteiger partial charge is 0.500 e. The second-order valence-electron chi connectivity index (χ2n) is 4.30. The van der Waals surface area contributed by atoms with Gasteiger partial charge in [-0.3, -0.25) is 0 Å². The maximum absolute atomic E-state index is 5.87. The molecule has 0 heterocycles. The summed E-state index contributed by atoms with van der Waals surface area (Å²) < 4.78 is 16.9. The molecule has 0 rings (SSSR count). The number of rotatable bonds is 11. The SMILES string of the molecule is CNCCC[Si](OC)(OC)OCCCN(C)C. The Kier molecular flexibility index (Phi) is 10.00. The third-order valence-corrected chi connectivity index (χ3v) is 5.46. The van der Waals surface area contributed by atoms with Crippen molar-refractivity contribution in [2.45, 2.75) is 18.9 Å². The smallest absolute Gasteiger partial charge is 0.377 e. The fraction of sp³-hybridized carbons (Fsp3) is 1.00. The number of nitrogens with one attached hydrogen (secondary N) is 1. The molecule has 0 aliphatic carbocycles. The minimum Gasteiger partial charge on any atom is -0.377 e. The van der Waals surface area contributed by atoms with E-state index in [2.05, 4.69) is 24.3 Å². The van der Waals surface area contributed by atoms with E-state index in [-0.39, 0.29) is 0 Å². The summed E-state index contributed by atoms with van der Waals surface area (Å²) >= 11 is 0. The third-order valence-electron chi connectivity index (χ3n) is 2.60. The quantitative estimate of drug-likeness (QED) is 0.442. The van der Waals surface area contributed by atoms with Crippen LogP contribution in [0.25, 0.3) is 0 Å². The predicted molar refractivity (Wildman–Crippen MR) is 72.2 cm³/mol. The summed E-state index contributed by atoms with van der Waals surface area (Å²) in [5, 5.41) is 3.12. The van der Waals surface area contributed by atoms with Crippen molar-refractivity contribution in [2.75, 3.05) is 55.1 Å². The summed E-state index contributed by atoms with van der Waals surface area (Å²) in [5.41, 5.74) is 0. The van der Waals surface area contributed by atoms with Gasteiger partial charge in [0.25, 0.3) is 0 Å². The standard InChI is InChI=1S/C11H28N2O3Si/c1-12-8-6-11-17(14-4,15-5)16-10-7-9-13(2)3/h12H,6-11H2,1-5H3. The van der Waals surface area contributed by atoms with Crippen molar-refractivity contribution in [2.24, 2.45) is 0 Å². The monoisotopic (exact) mass is 264 g/mol. The second-order valence-corrected chi connectivity index (χ2v) is 7.27. The van der Waals surface area contributed by atoms with Crippen LogP contribution in [0, 0.1) is 0 Å². The van der Waals surface area contributed by atoms with E-state index in [0.717, 1.165) is 32.0 Å². The first-order chi connectivity index (χ1) is 8.10. The highest BCUT2D eigenvalue weighted by Gasteiger charge is 2.37. The van der Waals surface area contributed by atoms with E-state index in [0.29, 0.717) is 6.61 Å². The van der Waals surface area contributed by atoms with Crippen LogP contribution < -0.4 is 5.32 Å². The number of hydrogen-bond acceptors (Lipinski definition) is 5. The Labute approximate surface area is 107 Å². The van der Waals surface area contributed by atoms with E-state index in [1.54, 1.807) is 14.2 Å². The molecule has 0 aliphatic rings. The molecule has 0 bridgehead atoms. The molecular weight excluding hydrogens is 236 g/mol. The van der Waals surface area contributed by atoms with Crippen LogP contribution in [0.3, 0.4) is 0 Å². The minimum absolute atomic E-state index is 0.700. The molecule has 0 aromatic heterocycles. The molecule has 0 aromatic rings. The van der Waals surface area contributed by atoms with Crippen molar-refractivity contribution in [3.63, 3.8) is 0 Å². The van der Waals surface area contributed by atoms with Crippen LogP contribution in [0.5, 0.6) is 0 Å². The Morgan fingerprint density at radius 3 is 2.24 bits per heavy atom. The van der Waals surface area contributed by atoms with Crippen LogP contribution in [-0.2, 0) is 13.3 Å². The maximum Gasteiger partial charge on any atom is 0.500 e. The first kappa shape index (κ1) is 17.0. The normalized spacial score (nSPS) is 12.4. The molecule has 0 aliphatic heterocycles. The highest BCUT2D eigenvalue weighted by atomic mass is 28.4. The molecule has 0 atom stereocenters. The zero-order valence-electron chi connectivity index (χ0n) is 11.9. The average molecular weight is 264 g/mol. The summed E-state index contributed by atoms with van der Waals surface area (Å²) in [6.07, 6.45) is 2.01. The second kappa shape index (κ2) is 9.99. The third kappa shape index (κ3) is 7.85. The van der Waals surface area contributed by atoms with Crippen LogP contribution in [0.2, 0.25) is 6.04 Å². The molecule has 0 saturated carbocycles. The van der Waals surface area contributed by atoms with Gasteiger partial charge in [0.1, 0.15) is 0 Å². The van der Waals surface area contributed by atoms with Gasteiger partial charge in [0.05, 0.1) is 0 Å². The zero-order chi connectivity index (χ0) is 13.1. The highest BCUT2D eigenvalue weighted by Crippen LogP contribution is 2.16. The van der Waals surface area contributed by atoms with Crippen molar-refractivity contribution in [3.8, 4) is 0 Å². The predicted octanol–water partition coefficient (Wildman–Crippen LogP) is 0.796. The van der Waals surface area contributed by atoms with E-state index >= 15 is 0 Å². The van der Waals surface area contributed by atoms with Crippen LogP contribution in [0.4, 0.5) is 0 Å². The Morgan fingerprint density at radius 2 is 1.76 bits per heavy atom. The van der Waals surface area contributed by atoms with Gasteiger partial charge >= 0.3 is 8.80 Å². The topological polar surface area (TPSA) is 43.0 Å². The lowest BCUT2D eigenvalue weighted by Crippen LogP contribution is -2.44. The highest BCUT2D eigenvalue weighted by molar-refractivity contribution is 6.60. The summed E-state index contributed by atoms with van der Waals surface area (Å²) in [6.45, 7) is 2.68. The van der Waals surface area contributed by atoms with Crippen molar-refractivity contribution in [3.05, 3.63) is 0 Å². The summed E-state index contributed by atoms with van der Waals surface area (Å²) in [7, 11) is 7.02. The van der Waals surface area contributed by atoms with Crippen molar-refractivity contribution >= 4 is 8.80 Å². The van der Waals surface area contributed by atoms with Gasteiger partial charge in [-0.1, -0.05) is 0 Å². The van der Waals surface area contributed by atoms with Crippen LogP contribution in [0.15, 0.2) is 0 Å². The molecule has 17 heavy (non-hydrogen) atoms. The molecule has 0 radical (unpaired) electrons. The first-order valence-corrected chi connectivity index (χ1v) is 8.07. The zero-order valence-corrected chi connectivity index (χ0v) is 12.9. The van der Waals surface area contributed by atoms with Gasteiger partial charge in [-0.05, 0) is 47.1 Å². The van der Waals surface area contributed by atoms with Gasteiger partial charge in [-0.15, -0.1) is 0 Å². The lowest BCUT2D eigenvalue weighted by Gasteiger charge is -2.26. The van der Waals surface area contributed by atoms with E-state index in [9.17, 15) is 0 Å². The van der Waals surface area contributed by atoms with Gasteiger partial charge in [-0.2, -0.15) is 0 Å². The van der Waals surface area contributed by atoms with Crippen molar-refractivity contribution in [1.29, 1.82) is 0 Å². The van der Waals surface area contributed by atoms with Gasteiger partial charge in [0.15, 0.2) is 0 Å². The maximum atomic E-state index is 5.87. The Morgan fingerprint density at radius 1 is 1.12 bits per heavy atom. The minimum atomic E-state index is -2.41. The molecular formula is C11H28N2O3Si. The Bertz CT molecular complexity index is 178. The van der Waals surface area contributed by atoms with Gasteiger partial charge < -0.3 is 23.5 Å². The van der Waals surface area contributed by atoms with Gasteiger partial charge in [-0.25, -0.2) is 0 Å². The van der Waals surface area contributed by atoms with Crippen LogP contribution in [-0.4, -0.2) is 68.8 Å². The van der Waals surface area contributed by atoms with E-state index in [1.165, 1.54) is 0 Å². The van der Waals surface area contributed by atoms with Gasteiger partial charge in [0.2, 0.25) is 0 Å². The molecule has 0 aromatic carbocycles. The molecule has 0 amide bonds. The van der Waals surface area contributed by atoms with E-state index in [4.69, 9.17) is 13.3 Å². The molecule has 6 heteroatoms. The average Bonchev–Trinajstić information content (AvgIpc) is 2.32. The van der Waals surface area contributed by atoms with Gasteiger partial charge in [0, 0.05) is 26.9 Å². The molecule has 0 saturated heterocycles. The summed E-state index contributed by atoms with van der Waals surface area (Å²) in [4.78, 5) is 2.15. The molecule has 104 valence electrons. The lowest BCUT2D eigenvalue weighted by molar-refractivity contribution is 0.0943. The molecule has 0 spiro atoms. The number of hydrogen-bond donors (Lipinski definition) is 1. The fourth-order valence-electron chi connectivity index (χ4n) is 1.57. The summed E-state index contributed by atoms with van der Waals surface area (Å²) in [5.74, 6) is 0. The fourth-order valence-corrected chi connectivity index (χ4v) is 3.59. The molecule has 5 nitrogen and oxygen atoms in total. The van der Waals surface area contributed by atoms with E-state index < -0.39 is 8.80 Å². The Balaban J connectivity index is 3.93. The van der Waals surface area contributed by atoms with Crippen molar-refractivity contribution in [1.82, 2.24) is 10.2 Å². The first-order valence-electron chi connectivity index (χ1n) is 6.14. The molecule has 0 unspecified atom stereocenters. The lowest BCUT2D eigenvalue weighted by atomic mass is 10.4. The van der Waals surface area contributed by atoms with E-state index in [1.807, 2.05) is 7.05 Å². The summed E-state index contributed by atoms with van der Waals surface area (Å²) in [6, 6.07) is 0.864. The Hall–Kier alpha value is 0.0169. The van der Waals surface area contributed by atoms with Crippen LogP contribution in [0.1, 0.15) is 12.8 Å². The van der Waals surface area contributed by atoms with Crippen LogP contribution >= 0.6 is 0 Å². The molecule has 1 N–H and O–H groups in total. The molecule has 0 fully saturated rings. The number of nitrogens with zero attached hydrogens (tertiary/aromatic N) is 1.